The molecule has 0 saturated heterocycles. The molecule has 0 radical (unpaired) electrons. The Morgan fingerprint density at radius 1 is 1.38 bits per heavy atom. The normalized spacial score (nSPS) is 10.9. The Kier molecular flexibility index (Phi) is 5.63. The smallest absolute Gasteiger partial charge is 0.0494 e. The molecule has 0 aromatic heterocycles. The third kappa shape index (κ3) is 3.39. The topological polar surface area (TPSA) is 3.24 Å². The Morgan fingerprint density at radius 2 is 2.06 bits per heavy atom. The summed E-state index contributed by atoms with van der Waals surface area (Å²) >= 11 is 9.52. The molecule has 0 aliphatic heterocycles. The monoisotopic (exact) mass is 303 g/mol. The number of halogens is 2. The number of benzene rings is 1. The van der Waals surface area contributed by atoms with E-state index in [0.717, 1.165) is 17.4 Å². The average molecular weight is 305 g/mol. The molecule has 1 aromatic carbocycles. The van der Waals surface area contributed by atoms with Gasteiger partial charge in [0.1, 0.15) is 0 Å². The van der Waals surface area contributed by atoms with Gasteiger partial charge in [-0.25, -0.2) is 0 Å². The van der Waals surface area contributed by atoms with Crippen LogP contribution >= 0.6 is 27.5 Å². The first kappa shape index (κ1) is 13.9. The molecule has 1 nitrogen and oxygen atoms in total. The lowest BCUT2D eigenvalue weighted by Gasteiger charge is -2.30. The second kappa shape index (κ2) is 6.51. The van der Waals surface area contributed by atoms with Crippen LogP contribution in [-0.2, 0) is 5.88 Å². The number of nitrogens with zero attached hydrogens (tertiary/aromatic N) is 1. The average Bonchev–Trinajstić information content (AvgIpc) is 2.25. The molecule has 0 saturated carbocycles. The zero-order valence-corrected chi connectivity index (χ0v) is 12.5. The summed E-state index contributed by atoms with van der Waals surface area (Å²) in [6, 6.07) is 6.80. The number of alkyl halides is 1. The summed E-state index contributed by atoms with van der Waals surface area (Å²) < 4.78 is 1.11. The zero-order chi connectivity index (χ0) is 12.1. The van der Waals surface area contributed by atoms with E-state index in [1.54, 1.807) is 0 Å². The van der Waals surface area contributed by atoms with Gasteiger partial charge in [0.15, 0.2) is 0 Å². The molecule has 0 bridgehead atoms. The summed E-state index contributed by atoms with van der Waals surface area (Å²) in [5.41, 5.74) is 2.45. The maximum atomic E-state index is 5.99. The van der Waals surface area contributed by atoms with Gasteiger partial charge in [-0.1, -0.05) is 28.9 Å². The van der Waals surface area contributed by atoms with Crippen LogP contribution < -0.4 is 4.90 Å². The van der Waals surface area contributed by atoms with Gasteiger partial charge in [0.2, 0.25) is 0 Å². The van der Waals surface area contributed by atoms with Crippen LogP contribution in [0.1, 0.15) is 32.8 Å². The first-order valence-electron chi connectivity index (χ1n) is 5.71. The molecule has 0 fully saturated rings. The highest BCUT2D eigenvalue weighted by Crippen LogP contribution is 2.28. The maximum absolute atomic E-state index is 5.99. The van der Waals surface area contributed by atoms with E-state index in [4.69, 9.17) is 11.6 Å². The Morgan fingerprint density at radius 3 is 2.56 bits per heavy atom. The number of anilines is 1. The molecule has 0 spiro atoms. The summed E-state index contributed by atoms with van der Waals surface area (Å²) in [5.74, 6) is 0.565. The minimum absolute atomic E-state index is 0.496. The van der Waals surface area contributed by atoms with Crippen LogP contribution in [0.4, 0.5) is 5.69 Å². The molecule has 1 aromatic rings. The number of hydrogen-bond acceptors (Lipinski definition) is 1. The summed E-state index contributed by atoms with van der Waals surface area (Å²) in [4.78, 5) is 2.41. The minimum Gasteiger partial charge on any atom is -0.369 e. The number of rotatable bonds is 5. The predicted octanol–water partition coefficient (Wildman–Crippen LogP) is 4.81. The fourth-order valence-electron chi connectivity index (χ4n) is 1.82. The summed E-state index contributed by atoms with van der Waals surface area (Å²) in [5, 5.41) is 0. The van der Waals surface area contributed by atoms with E-state index in [1.807, 2.05) is 6.07 Å². The largest absolute Gasteiger partial charge is 0.369 e. The minimum atomic E-state index is 0.496. The van der Waals surface area contributed by atoms with E-state index in [1.165, 1.54) is 11.3 Å². The van der Waals surface area contributed by atoms with Crippen molar-refractivity contribution < 1.29 is 0 Å². The first-order chi connectivity index (χ1) is 7.60. The molecule has 1 rings (SSSR count). The van der Waals surface area contributed by atoms with Crippen molar-refractivity contribution in [3.63, 3.8) is 0 Å². The molecular weight excluding hydrogens is 286 g/mol. The lowest BCUT2D eigenvalue weighted by molar-refractivity contribution is 0.669. The first-order valence-corrected chi connectivity index (χ1v) is 7.04. The van der Waals surface area contributed by atoms with Crippen LogP contribution in [0.3, 0.4) is 0 Å². The van der Waals surface area contributed by atoms with E-state index in [9.17, 15) is 0 Å². The van der Waals surface area contributed by atoms with Crippen molar-refractivity contribution in [2.45, 2.75) is 39.1 Å². The molecule has 0 aliphatic rings. The lowest BCUT2D eigenvalue weighted by atomic mass is 10.1. The van der Waals surface area contributed by atoms with Crippen molar-refractivity contribution in [3.8, 4) is 0 Å². The summed E-state index contributed by atoms with van der Waals surface area (Å²) in [6.07, 6.45) is 1.15. The number of hydrogen-bond donors (Lipinski definition) is 0. The van der Waals surface area contributed by atoms with Crippen molar-refractivity contribution in [1.29, 1.82) is 0 Å². The standard InChI is InChI=1S/C13H19BrClN/c1-4-7-16(10(2)3)13-8-12(14)6-5-11(13)9-15/h5-6,8,10H,4,7,9H2,1-3H3. The van der Waals surface area contributed by atoms with E-state index in [0.29, 0.717) is 11.9 Å². The van der Waals surface area contributed by atoms with Gasteiger partial charge in [-0.15, -0.1) is 11.6 Å². The Labute approximate surface area is 112 Å². The van der Waals surface area contributed by atoms with Gasteiger partial charge in [-0.3, -0.25) is 0 Å². The molecule has 0 atom stereocenters. The van der Waals surface area contributed by atoms with Gasteiger partial charge in [0.25, 0.3) is 0 Å². The zero-order valence-electron chi connectivity index (χ0n) is 10.1. The fraction of sp³-hybridized carbons (Fsp3) is 0.538. The lowest BCUT2D eigenvalue weighted by Crippen LogP contribution is -2.32. The molecule has 0 N–H and O–H groups in total. The van der Waals surface area contributed by atoms with E-state index < -0.39 is 0 Å². The van der Waals surface area contributed by atoms with E-state index >= 15 is 0 Å². The van der Waals surface area contributed by atoms with Gasteiger partial charge >= 0.3 is 0 Å². The SMILES string of the molecule is CCCN(c1cc(Br)ccc1CCl)C(C)C. The Hall–Kier alpha value is -0.210. The van der Waals surface area contributed by atoms with E-state index in [2.05, 4.69) is 53.7 Å². The van der Waals surface area contributed by atoms with Crippen molar-refractivity contribution in [1.82, 2.24) is 0 Å². The van der Waals surface area contributed by atoms with Crippen molar-refractivity contribution >= 4 is 33.2 Å². The molecular formula is C13H19BrClN. The van der Waals surface area contributed by atoms with Gasteiger partial charge in [0, 0.05) is 28.6 Å². The molecule has 0 amide bonds. The molecule has 3 heteroatoms. The second-order valence-electron chi connectivity index (χ2n) is 4.19. The third-order valence-corrected chi connectivity index (χ3v) is 3.37. The molecule has 0 aliphatic carbocycles. The van der Waals surface area contributed by atoms with Crippen molar-refractivity contribution in [2.24, 2.45) is 0 Å². The second-order valence-corrected chi connectivity index (χ2v) is 5.38. The molecule has 16 heavy (non-hydrogen) atoms. The van der Waals surface area contributed by atoms with E-state index in [-0.39, 0.29) is 0 Å². The molecule has 0 heterocycles. The van der Waals surface area contributed by atoms with Crippen LogP contribution in [-0.4, -0.2) is 12.6 Å². The van der Waals surface area contributed by atoms with Crippen molar-refractivity contribution in [3.05, 3.63) is 28.2 Å². The maximum Gasteiger partial charge on any atom is 0.0494 e. The highest BCUT2D eigenvalue weighted by Gasteiger charge is 2.13. The quantitative estimate of drug-likeness (QED) is 0.705. The third-order valence-electron chi connectivity index (χ3n) is 2.59. The predicted molar refractivity (Wildman–Crippen MR) is 76.5 cm³/mol. The highest BCUT2D eigenvalue weighted by atomic mass is 79.9. The summed E-state index contributed by atoms with van der Waals surface area (Å²) in [6.45, 7) is 7.70. The Bertz CT molecular complexity index is 339. The highest BCUT2D eigenvalue weighted by molar-refractivity contribution is 9.10. The van der Waals surface area contributed by atoms with Crippen LogP contribution in [0.5, 0.6) is 0 Å². The van der Waals surface area contributed by atoms with Crippen LogP contribution in [0.2, 0.25) is 0 Å². The fourth-order valence-corrected chi connectivity index (χ4v) is 2.39. The van der Waals surface area contributed by atoms with Gasteiger partial charge in [-0.2, -0.15) is 0 Å². The molecule has 90 valence electrons. The Balaban J connectivity index is 3.10. The van der Waals surface area contributed by atoms with Crippen LogP contribution in [0, 0.1) is 0 Å². The van der Waals surface area contributed by atoms with Gasteiger partial charge in [-0.05, 0) is 38.0 Å². The van der Waals surface area contributed by atoms with Crippen LogP contribution in [0.15, 0.2) is 22.7 Å². The van der Waals surface area contributed by atoms with Crippen molar-refractivity contribution in [2.75, 3.05) is 11.4 Å². The van der Waals surface area contributed by atoms with Gasteiger partial charge in [0.05, 0.1) is 0 Å². The summed E-state index contributed by atoms with van der Waals surface area (Å²) in [7, 11) is 0. The molecule has 0 unspecified atom stereocenters. The van der Waals surface area contributed by atoms with Gasteiger partial charge < -0.3 is 4.90 Å². The van der Waals surface area contributed by atoms with Crippen LogP contribution in [0.25, 0.3) is 0 Å².